The number of carbonyl (C=O) groups is 2. The van der Waals surface area contributed by atoms with Gasteiger partial charge >= 0.3 is 12.6 Å². The number of carboxylic acid groups (broad SMARTS) is 1. The number of carboxylic acids is 1. The van der Waals surface area contributed by atoms with Gasteiger partial charge in [-0.15, -0.1) is 0 Å². The number of hydrogen-bond acceptors (Lipinski definition) is 6. The van der Waals surface area contributed by atoms with Crippen molar-refractivity contribution in [2.24, 2.45) is 0 Å². The first kappa shape index (κ1) is 20.1. The number of rotatable bonds is 9. The summed E-state index contributed by atoms with van der Waals surface area (Å²) in [5.41, 5.74) is -1.12. The summed E-state index contributed by atoms with van der Waals surface area (Å²) in [6.45, 7) is -3.19. The zero-order valence-corrected chi connectivity index (χ0v) is 13.4. The fourth-order valence-corrected chi connectivity index (χ4v) is 1.99. The molecule has 0 saturated heterocycles. The Morgan fingerprint density at radius 3 is 2.48 bits per heavy atom. The van der Waals surface area contributed by atoms with Gasteiger partial charge in [-0.3, -0.25) is 19.7 Å². The molecule has 138 valence electrons. The van der Waals surface area contributed by atoms with Crippen molar-refractivity contribution >= 4 is 17.6 Å². The standard InChI is InChI=1S/C14H16F2N2O7/c1-17(5-3-4-12(19)20)13(21)8-6-10(24-2)11(25-14(15)16)7-9(8)18(22)23/h6-7,14H,3-5H2,1-2H3,(H,19,20). The SMILES string of the molecule is COc1cc(C(=O)N(C)CCCC(=O)O)c([N+](=O)[O-])cc1OC(F)F. The van der Waals surface area contributed by atoms with Crippen molar-refractivity contribution < 1.29 is 37.9 Å². The summed E-state index contributed by atoms with van der Waals surface area (Å²) in [5, 5.41) is 19.7. The number of amides is 1. The van der Waals surface area contributed by atoms with Gasteiger partial charge in [0.05, 0.1) is 18.1 Å². The molecule has 0 heterocycles. The van der Waals surface area contributed by atoms with Crippen LogP contribution in [0.3, 0.4) is 0 Å². The minimum atomic E-state index is -3.23. The van der Waals surface area contributed by atoms with Crippen LogP contribution in [0.2, 0.25) is 0 Å². The lowest BCUT2D eigenvalue weighted by Crippen LogP contribution is -2.28. The van der Waals surface area contributed by atoms with Crippen molar-refractivity contribution in [3.63, 3.8) is 0 Å². The van der Waals surface area contributed by atoms with Crippen LogP contribution >= 0.6 is 0 Å². The molecule has 0 atom stereocenters. The molecule has 1 aromatic carbocycles. The van der Waals surface area contributed by atoms with Gasteiger partial charge in [0.15, 0.2) is 11.5 Å². The second kappa shape index (κ2) is 8.76. The number of nitro groups is 1. The molecule has 0 radical (unpaired) electrons. The van der Waals surface area contributed by atoms with E-state index in [1.165, 1.54) is 7.05 Å². The third-order valence-electron chi connectivity index (χ3n) is 3.16. The second-order valence-electron chi connectivity index (χ2n) is 4.88. The number of halogens is 2. The van der Waals surface area contributed by atoms with Crippen molar-refractivity contribution in [2.45, 2.75) is 19.5 Å². The van der Waals surface area contributed by atoms with Crippen LogP contribution in [-0.2, 0) is 4.79 Å². The summed E-state index contributed by atoms with van der Waals surface area (Å²) in [5.74, 6) is -2.66. The van der Waals surface area contributed by atoms with Gasteiger partial charge in [0, 0.05) is 26.1 Å². The highest BCUT2D eigenvalue weighted by Crippen LogP contribution is 2.36. The molecule has 1 rings (SSSR count). The van der Waals surface area contributed by atoms with Gasteiger partial charge in [-0.25, -0.2) is 0 Å². The summed E-state index contributed by atoms with van der Waals surface area (Å²) in [4.78, 5) is 34.2. The van der Waals surface area contributed by atoms with Crippen molar-refractivity contribution in [1.82, 2.24) is 4.90 Å². The lowest BCUT2D eigenvalue weighted by Gasteiger charge is -2.18. The molecule has 0 aliphatic heterocycles. The number of nitrogens with zero attached hydrogens (tertiary/aromatic N) is 2. The first-order valence-electron chi connectivity index (χ1n) is 6.95. The molecule has 0 saturated carbocycles. The van der Waals surface area contributed by atoms with E-state index in [0.29, 0.717) is 6.07 Å². The fraction of sp³-hybridized carbons (Fsp3) is 0.429. The quantitative estimate of drug-likeness (QED) is 0.528. The van der Waals surface area contributed by atoms with Crippen LogP contribution in [0.1, 0.15) is 23.2 Å². The molecule has 1 aromatic rings. The smallest absolute Gasteiger partial charge is 0.387 e. The lowest BCUT2D eigenvalue weighted by atomic mass is 10.1. The Balaban J connectivity index is 3.17. The van der Waals surface area contributed by atoms with E-state index in [1.54, 1.807) is 0 Å². The zero-order chi connectivity index (χ0) is 19.1. The summed E-state index contributed by atoms with van der Waals surface area (Å²) in [6, 6.07) is 1.62. The van der Waals surface area contributed by atoms with Crippen LogP contribution in [0.25, 0.3) is 0 Å². The summed E-state index contributed by atoms with van der Waals surface area (Å²) in [6.07, 6.45) is -0.0285. The number of alkyl halides is 2. The zero-order valence-electron chi connectivity index (χ0n) is 13.4. The Morgan fingerprint density at radius 2 is 2.00 bits per heavy atom. The minimum absolute atomic E-state index is 0.0416. The van der Waals surface area contributed by atoms with E-state index in [1.807, 2.05) is 0 Å². The number of methoxy groups -OCH3 is 1. The highest BCUT2D eigenvalue weighted by atomic mass is 19.3. The van der Waals surface area contributed by atoms with Gasteiger partial charge < -0.3 is 19.5 Å². The summed E-state index contributed by atoms with van der Waals surface area (Å²) < 4.78 is 33.8. The maximum Gasteiger partial charge on any atom is 0.387 e. The third-order valence-corrected chi connectivity index (χ3v) is 3.16. The minimum Gasteiger partial charge on any atom is -0.493 e. The molecule has 1 amide bonds. The van der Waals surface area contributed by atoms with Crippen molar-refractivity contribution in [3.05, 3.63) is 27.8 Å². The number of hydrogen-bond donors (Lipinski definition) is 1. The Labute approximate surface area is 140 Å². The van der Waals surface area contributed by atoms with E-state index >= 15 is 0 Å². The third kappa shape index (κ3) is 5.55. The molecule has 0 aliphatic carbocycles. The van der Waals surface area contributed by atoms with E-state index in [4.69, 9.17) is 9.84 Å². The van der Waals surface area contributed by atoms with Crippen molar-refractivity contribution in [2.75, 3.05) is 20.7 Å². The van der Waals surface area contributed by atoms with Gasteiger partial charge in [0.1, 0.15) is 5.56 Å². The van der Waals surface area contributed by atoms with E-state index in [-0.39, 0.29) is 30.7 Å². The Hall–Kier alpha value is -2.98. The van der Waals surface area contributed by atoms with E-state index < -0.39 is 34.8 Å². The molecule has 11 heteroatoms. The van der Waals surface area contributed by atoms with Crippen LogP contribution in [0.4, 0.5) is 14.5 Å². The molecule has 0 spiro atoms. The number of aliphatic carboxylic acids is 1. The van der Waals surface area contributed by atoms with Gasteiger partial charge in [0.25, 0.3) is 11.6 Å². The highest BCUT2D eigenvalue weighted by molar-refractivity contribution is 5.99. The number of nitro benzene ring substituents is 1. The number of ether oxygens (including phenoxy) is 2. The number of benzene rings is 1. The monoisotopic (exact) mass is 362 g/mol. The maximum atomic E-state index is 12.4. The van der Waals surface area contributed by atoms with Gasteiger partial charge in [-0.2, -0.15) is 8.78 Å². The maximum absolute atomic E-state index is 12.4. The van der Waals surface area contributed by atoms with Crippen LogP contribution in [0.15, 0.2) is 12.1 Å². The van der Waals surface area contributed by atoms with Gasteiger partial charge in [-0.1, -0.05) is 0 Å². The Bertz CT molecular complexity index is 667. The molecule has 0 aliphatic rings. The van der Waals surface area contributed by atoms with Crippen molar-refractivity contribution in [3.8, 4) is 11.5 Å². The van der Waals surface area contributed by atoms with Gasteiger partial charge in [0.2, 0.25) is 0 Å². The second-order valence-corrected chi connectivity index (χ2v) is 4.88. The molecule has 9 nitrogen and oxygen atoms in total. The summed E-state index contributed by atoms with van der Waals surface area (Å²) in [7, 11) is 2.47. The van der Waals surface area contributed by atoms with Crippen molar-refractivity contribution in [1.29, 1.82) is 0 Å². The number of carbonyl (C=O) groups excluding carboxylic acids is 1. The first-order chi connectivity index (χ1) is 11.7. The molecule has 0 bridgehead atoms. The average molecular weight is 362 g/mol. The predicted octanol–water partition coefficient (Wildman–Crippen LogP) is 2.14. The molecule has 25 heavy (non-hydrogen) atoms. The Kier molecular flexibility index (Phi) is 7.03. The molecule has 0 aromatic heterocycles. The fourth-order valence-electron chi connectivity index (χ4n) is 1.99. The first-order valence-corrected chi connectivity index (χ1v) is 6.95. The normalized spacial score (nSPS) is 10.4. The molecule has 1 N–H and O–H groups in total. The summed E-state index contributed by atoms with van der Waals surface area (Å²) >= 11 is 0. The molecular formula is C14H16F2N2O7. The van der Waals surface area contributed by atoms with Crippen LogP contribution in [0.5, 0.6) is 11.5 Å². The van der Waals surface area contributed by atoms with E-state index in [9.17, 15) is 28.5 Å². The lowest BCUT2D eigenvalue weighted by molar-refractivity contribution is -0.385. The van der Waals surface area contributed by atoms with Crippen LogP contribution < -0.4 is 9.47 Å². The van der Waals surface area contributed by atoms with Crippen LogP contribution in [-0.4, -0.2) is 54.1 Å². The average Bonchev–Trinajstić information content (AvgIpc) is 2.52. The van der Waals surface area contributed by atoms with Crippen LogP contribution in [0, 0.1) is 10.1 Å². The van der Waals surface area contributed by atoms with E-state index in [2.05, 4.69) is 4.74 Å². The largest absolute Gasteiger partial charge is 0.493 e. The molecule has 0 unspecified atom stereocenters. The Morgan fingerprint density at radius 1 is 1.36 bits per heavy atom. The highest BCUT2D eigenvalue weighted by Gasteiger charge is 2.27. The molecular weight excluding hydrogens is 346 g/mol. The van der Waals surface area contributed by atoms with E-state index in [0.717, 1.165) is 18.1 Å². The molecule has 0 fully saturated rings. The van der Waals surface area contributed by atoms with Gasteiger partial charge in [-0.05, 0) is 6.42 Å². The topological polar surface area (TPSA) is 119 Å². The predicted molar refractivity (Wildman–Crippen MR) is 80.1 cm³/mol.